The van der Waals surface area contributed by atoms with Crippen LogP contribution in [0.25, 0.3) is 0 Å². The normalized spacial score (nSPS) is 11.2. The van der Waals surface area contributed by atoms with E-state index in [9.17, 15) is 0 Å². The molecule has 0 radical (unpaired) electrons. The Hall–Kier alpha value is -0.860. The minimum absolute atomic E-state index is 0.664. The van der Waals surface area contributed by atoms with E-state index in [1.165, 1.54) is 0 Å². The van der Waals surface area contributed by atoms with E-state index in [-0.39, 0.29) is 0 Å². The molecule has 3 heteroatoms. The van der Waals surface area contributed by atoms with Crippen LogP contribution < -0.4 is 5.43 Å². The summed E-state index contributed by atoms with van der Waals surface area (Å²) >= 11 is 0. The highest BCUT2D eigenvalue weighted by Crippen LogP contribution is 1.73. The molecule has 0 aromatic heterocycles. The van der Waals surface area contributed by atoms with Gasteiger partial charge in [-0.3, -0.25) is 5.43 Å². The number of nitrogens with zero attached hydrogens (tertiary/aromatic N) is 2. The lowest BCUT2D eigenvalue weighted by Gasteiger charge is -1.80. The van der Waals surface area contributed by atoms with Crippen LogP contribution in [0.5, 0.6) is 0 Å². The van der Waals surface area contributed by atoms with Crippen LogP contribution in [0.4, 0.5) is 0 Å². The van der Waals surface area contributed by atoms with E-state index in [0.29, 0.717) is 6.54 Å². The molecule has 0 heterocycles. The van der Waals surface area contributed by atoms with E-state index in [1.807, 2.05) is 19.1 Å². The molecule has 0 unspecified atom stereocenters. The largest absolute Gasteiger partial charge is 0.295 e. The minimum atomic E-state index is 0.664. The Balaban J connectivity index is 3.03. The van der Waals surface area contributed by atoms with Crippen molar-refractivity contribution < 1.29 is 0 Å². The number of allylic oxidation sites excluding steroid dienone is 1. The van der Waals surface area contributed by atoms with E-state index in [2.05, 4.69) is 15.8 Å². The summed E-state index contributed by atoms with van der Waals surface area (Å²) in [5.74, 6) is 0. The lowest BCUT2D eigenvalue weighted by molar-refractivity contribution is 0.788. The zero-order chi connectivity index (χ0) is 6.24. The first-order chi connectivity index (χ1) is 3.91. The molecule has 0 fully saturated rings. The summed E-state index contributed by atoms with van der Waals surface area (Å²) in [5, 5.41) is 7.24. The van der Waals surface area contributed by atoms with Gasteiger partial charge in [-0.2, -0.15) is 5.11 Å². The molecule has 0 spiro atoms. The Labute approximate surface area is 49.5 Å². The third-order valence-electron chi connectivity index (χ3n) is 0.593. The van der Waals surface area contributed by atoms with Gasteiger partial charge in [0.1, 0.15) is 0 Å². The standard InChI is InChI=1S/C5H11N3/c1-3-4-5-7-8-6-2/h3-4H,5H2,1-2H3,(H,6,7)/b4-3+. The van der Waals surface area contributed by atoms with Gasteiger partial charge in [-0.25, -0.2) is 0 Å². The monoisotopic (exact) mass is 113 g/mol. The van der Waals surface area contributed by atoms with Gasteiger partial charge >= 0.3 is 0 Å². The maximum Gasteiger partial charge on any atom is 0.0801 e. The van der Waals surface area contributed by atoms with E-state index in [1.54, 1.807) is 7.05 Å². The van der Waals surface area contributed by atoms with Crippen LogP contribution in [0, 0.1) is 0 Å². The first-order valence-electron chi connectivity index (χ1n) is 2.56. The average Bonchev–Trinajstić information content (AvgIpc) is 1.81. The van der Waals surface area contributed by atoms with Crippen molar-refractivity contribution in [3.05, 3.63) is 12.2 Å². The SMILES string of the molecule is C/C=C/CN=NNC. The summed E-state index contributed by atoms with van der Waals surface area (Å²) in [6.45, 7) is 2.62. The van der Waals surface area contributed by atoms with Crippen molar-refractivity contribution in [1.82, 2.24) is 5.43 Å². The average molecular weight is 113 g/mol. The molecular formula is C5H11N3. The number of nitrogens with one attached hydrogen (secondary N) is 1. The van der Waals surface area contributed by atoms with Crippen molar-refractivity contribution in [2.75, 3.05) is 13.6 Å². The second-order valence-electron chi connectivity index (χ2n) is 1.22. The topological polar surface area (TPSA) is 36.8 Å². The molecule has 0 aliphatic rings. The van der Waals surface area contributed by atoms with E-state index in [0.717, 1.165) is 0 Å². The highest BCUT2D eigenvalue weighted by molar-refractivity contribution is 4.78. The molecule has 1 N–H and O–H groups in total. The summed E-state index contributed by atoms with van der Waals surface area (Å²) in [4.78, 5) is 0. The van der Waals surface area contributed by atoms with Crippen LogP contribution in [0.2, 0.25) is 0 Å². The van der Waals surface area contributed by atoms with Gasteiger partial charge in [0.05, 0.1) is 6.54 Å². The predicted octanol–water partition coefficient (Wildman–Crippen LogP) is 1.15. The summed E-state index contributed by atoms with van der Waals surface area (Å²) in [7, 11) is 1.72. The molecule has 3 nitrogen and oxygen atoms in total. The number of hydrogen-bond acceptors (Lipinski definition) is 2. The van der Waals surface area contributed by atoms with Gasteiger partial charge in [0.25, 0.3) is 0 Å². The van der Waals surface area contributed by atoms with Crippen molar-refractivity contribution in [1.29, 1.82) is 0 Å². The van der Waals surface area contributed by atoms with Gasteiger partial charge in [-0.15, -0.1) is 0 Å². The summed E-state index contributed by atoms with van der Waals surface area (Å²) in [5.41, 5.74) is 2.55. The fourth-order valence-corrected chi connectivity index (χ4v) is 0.264. The van der Waals surface area contributed by atoms with Gasteiger partial charge in [-0.05, 0) is 6.92 Å². The molecule has 0 aromatic rings. The molecule has 0 aromatic carbocycles. The zero-order valence-electron chi connectivity index (χ0n) is 5.26. The molecule has 8 heavy (non-hydrogen) atoms. The zero-order valence-corrected chi connectivity index (χ0v) is 5.26. The minimum Gasteiger partial charge on any atom is -0.295 e. The van der Waals surface area contributed by atoms with Crippen molar-refractivity contribution in [2.24, 2.45) is 10.3 Å². The molecule has 0 amide bonds. The maximum atomic E-state index is 3.71. The Morgan fingerprint density at radius 3 is 2.88 bits per heavy atom. The molecule has 0 atom stereocenters. The number of hydrogen-bond donors (Lipinski definition) is 1. The highest BCUT2D eigenvalue weighted by Gasteiger charge is 1.65. The van der Waals surface area contributed by atoms with Crippen LogP contribution in [0.1, 0.15) is 6.92 Å². The Morgan fingerprint density at radius 1 is 1.62 bits per heavy atom. The van der Waals surface area contributed by atoms with E-state index in [4.69, 9.17) is 0 Å². The summed E-state index contributed by atoms with van der Waals surface area (Å²) in [6.07, 6.45) is 3.87. The molecule has 0 aliphatic heterocycles. The van der Waals surface area contributed by atoms with Crippen LogP contribution >= 0.6 is 0 Å². The molecule has 0 saturated carbocycles. The van der Waals surface area contributed by atoms with Gasteiger partial charge in [0.15, 0.2) is 0 Å². The molecule has 0 rings (SSSR count). The fourth-order valence-electron chi connectivity index (χ4n) is 0.264. The van der Waals surface area contributed by atoms with Crippen LogP contribution in [0.3, 0.4) is 0 Å². The van der Waals surface area contributed by atoms with Crippen molar-refractivity contribution in [2.45, 2.75) is 6.92 Å². The predicted molar refractivity (Wildman–Crippen MR) is 33.6 cm³/mol. The van der Waals surface area contributed by atoms with Gasteiger partial charge < -0.3 is 0 Å². The Morgan fingerprint density at radius 2 is 2.38 bits per heavy atom. The lowest BCUT2D eigenvalue weighted by atomic mass is 10.5. The van der Waals surface area contributed by atoms with Gasteiger partial charge in [0.2, 0.25) is 0 Å². The molecule has 0 saturated heterocycles. The first-order valence-corrected chi connectivity index (χ1v) is 2.56. The summed E-state index contributed by atoms with van der Waals surface area (Å²) < 4.78 is 0. The summed E-state index contributed by atoms with van der Waals surface area (Å²) in [6, 6.07) is 0. The Kier molecular flexibility index (Phi) is 5.48. The smallest absolute Gasteiger partial charge is 0.0801 e. The molecular weight excluding hydrogens is 102 g/mol. The van der Waals surface area contributed by atoms with E-state index < -0.39 is 0 Å². The Bertz CT molecular complexity index is 85.7. The van der Waals surface area contributed by atoms with Crippen molar-refractivity contribution >= 4 is 0 Å². The quantitative estimate of drug-likeness (QED) is 0.332. The molecule has 46 valence electrons. The van der Waals surface area contributed by atoms with E-state index >= 15 is 0 Å². The third kappa shape index (κ3) is 5.14. The molecule has 0 aliphatic carbocycles. The molecule has 0 bridgehead atoms. The highest BCUT2D eigenvalue weighted by atomic mass is 15.4. The van der Waals surface area contributed by atoms with Crippen LogP contribution in [-0.2, 0) is 0 Å². The second kappa shape index (κ2) is 6.14. The van der Waals surface area contributed by atoms with Crippen molar-refractivity contribution in [3.63, 3.8) is 0 Å². The maximum absolute atomic E-state index is 3.71. The second-order valence-corrected chi connectivity index (χ2v) is 1.22. The van der Waals surface area contributed by atoms with Gasteiger partial charge in [0, 0.05) is 7.05 Å². The van der Waals surface area contributed by atoms with Crippen LogP contribution in [-0.4, -0.2) is 13.6 Å². The first kappa shape index (κ1) is 7.14. The number of rotatable bonds is 3. The van der Waals surface area contributed by atoms with Crippen LogP contribution in [0.15, 0.2) is 22.5 Å². The fraction of sp³-hybridized carbons (Fsp3) is 0.600. The third-order valence-corrected chi connectivity index (χ3v) is 0.593. The lowest BCUT2D eigenvalue weighted by Crippen LogP contribution is -1.90. The van der Waals surface area contributed by atoms with Gasteiger partial charge in [-0.1, -0.05) is 17.4 Å². The van der Waals surface area contributed by atoms with Crippen molar-refractivity contribution in [3.8, 4) is 0 Å².